The van der Waals surface area contributed by atoms with E-state index in [1.807, 2.05) is 23.0 Å². The van der Waals surface area contributed by atoms with Crippen LogP contribution in [0, 0.1) is 22.7 Å². The summed E-state index contributed by atoms with van der Waals surface area (Å²) < 4.78 is 0. The molecule has 11 heavy (non-hydrogen) atoms. The van der Waals surface area contributed by atoms with Crippen molar-refractivity contribution in [1.29, 1.82) is 10.5 Å². The number of nitrogens with zero attached hydrogens (tertiary/aromatic N) is 2. The van der Waals surface area contributed by atoms with Crippen LogP contribution in [0.1, 0.15) is 0 Å². The van der Waals surface area contributed by atoms with Gasteiger partial charge in [0, 0.05) is 5.57 Å². The van der Waals surface area contributed by atoms with Gasteiger partial charge in [0.1, 0.15) is 17.7 Å². The van der Waals surface area contributed by atoms with E-state index in [0.29, 0.717) is 5.57 Å². The first-order valence-corrected chi connectivity index (χ1v) is 3.86. The third kappa shape index (κ3) is 1.73. The Hall–Kier alpha value is -1.45. The van der Waals surface area contributed by atoms with Crippen molar-refractivity contribution in [2.45, 2.75) is 0 Å². The lowest BCUT2D eigenvalue weighted by atomic mass is 10.1. The fourth-order valence-corrected chi connectivity index (χ4v) is 1.19. The third-order valence-electron chi connectivity index (χ3n) is 1.16. The first kappa shape index (κ1) is 7.65. The second-order valence-electron chi connectivity index (χ2n) is 1.80. The number of allylic oxidation sites excluding steroid dienone is 4. The van der Waals surface area contributed by atoms with Crippen molar-refractivity contribution >= 4 is 11.8 Å². The Morgan fingerprint density at radius 1 is 1.18 bits per heavy atom. The number of hydrogen-bond acceptors (Lipinski definition) is 3. The standard InChI is InChI=1S/C8H4N2S/c9-5-8(6-10)7-1-3-11-4-2-7/h1-4H. The average Bonchev–Trinajstić information content (AvgIpc) is 2.09. The molecule has 1 aliphatic heterocycles. The van der Waals surface area contributed by atoms with Crippen molar-refractivity contribution in [3.8, 4) is 12.1 Å². The molecule has 0 bridgehead atoms. The van der Waals surface area contributed by atoms with Gasteiger partial charge in [0.2, 0.25) is 0 Å². The molecule has 0 aromatic heterocycles. The SMILES string of the molecule is N#CC(C#N)=C1C=CSC=C1. The van der Waals surface area contributed by atoms with Crippen LogP contribution in [0.25, 0.3) is 0 Å². The van der Waals surface area contributed by atoms with Gasteiger partial charge in [0.25, 0.3) is 0 Å². The Balaban J connectivity index is 3.06. The summed E-state index contributed by atoms with van der Waals surface area (Å²) in [6.07, 6.45) is 3.51. The normalized spacial score (nSPS) is 13.8. The van der Waals surface area contributed by atoms with Gasteiger partial charge in [-0.1, -0.05) is 0 Å². The molecule has 1 rings (SSSR count). The molecule has 0 saturated carbocycles. The van der Waals surface area contributed by atoms with Crippen molar-refractivity contribution in [2.24, 2.45) is 0 Å². The molecule has 0 radical (unpaired) electrons. The molecule has 0 unspecified atom stereocenters. The molecular weight excluding hydrogens is 156 g/mol. The highest BCUT2D eigenvalue weighted by atomic mass is 32.2. The zero-order valence-electron chi connectivity index (χ0n) is 5.61. The number of rotatable bonds is 0. The van der Waals surface area contributed by atoms with E-state index in [2.05, 4.69) is 0 Å². The fraction of sp³-hybridized carbons (Fsp3) is 0. The van der Waals surface area contributed by atoms with Crippen molar-refractivity contribution < 1.29 is 0 Å². The third-order valence-corrected chi connectivity index (χ3v) is 1.75. The molecule has 0 N–H and O–H groups in total. The smallest absolute Gasteiger partial charge is 0.136 e. The summed E-state index contributed by atoms with van der Waals surface area (Å²) in [5.74, 6) is 0. The molecule has 0 aromatic rings. The van der Waals surface area contributed by atoms with E-state index in [0.717, 1.165) is 0 Å². The summed E-state index contributed by atoms with van der Waals surface area (Å²) >= 11 is 1.52. The Bertz CT molecular complexity index is 293. The van der Waals surface area contributed by atoms with Crippen molar-refractivity contribution in [1.82, 2.24) is 0 Å². The van der Waals surface area contributed by atoms with Gasteiger partial charge in [-0.05, 0) is 23.0 Å². The first-order valence-electron chi connectivity index (χ1n) is 2.91. The van der Waals surface area contributed by atoms with Gasteiger partial charge in [-0.25, -0.2) is 0 Å². The van der Waals surface area contributed by atoms with Gasteiger partial charge in [-0.15, -0.1) is 11.8 Å². The minimum Gasteiger partial charge on any atom is -0.192 e. The molecule has 3 heteroatoms. The van der Waals surface area contributed by atoms with Gasteiger partial charge in [-0.2, -0.15) is 10.5 Å². The van der Waals surface area contributed by atoms with Crippen molar-refractivity contribution in [2.75, 3.05) is 0 Å². The number of hydrogen-bond donors (Lipinski definition) is 0. The van der Waals surface area contributed by atoms with Gasteiger partial charge < -0.3 is 0 Å². The molecule has 0 aromatic carbocycles. The van der Waals surface area contributed by atoms with Crippen LogP contribution in [-0.2, 0) is 0 Å². The molecular formula is C8H4N2S. The van der Waals surface area contributed by atoms with E-state index in [1.165, 1.54) is 11.8 Å². The monoisotopic (exact) mass is 160 g/mol. The molecule has 0 saturated heterocycles. The maximum atomic E-state index is 8.47. The average molecular weight is 160 g/mol. The lowest BCUT2D eigenvalue weighted by Gasteiger charge is -1.96. The molecule has 0 atom stereocenters. The van der Waals surface area contributed by atoms with Gasteiger partial charge in [0.05, 0.1) is 0 Å². The molecule has 0 aliphatic carbocycles. The van der Waals surface area contributed by atoms with Crippen molar-refractivity contribution in [3.63, 3.8) is 0 Å². The first-order chi connectivity index (χ1) is 5.38. The lowest BCUT2D eigenvalue weighted by molar-refractivity contribution is 1.44. The quantitative estimate of drug-likeness (QED) is 0.510. The van der Waals surface area contributed by atoms with E-state index in [-0.39, 0.29) is 5.57 Å². The Kier molecular flexibility index (Phi) is 2.54. The van der Waals surface area contributed by atoms with Crippen LogP contribution in [0.5, 0.6) is 0 Å². The van der Waals surface area contributed by atoms with E-state index < -0.39 is 0 Å². The minimum absolute atomic E-state index is 0.165. The summed E-state index contributed by atoms with van der Waals surface area (Å²) in [5.41, 5.74) is 0.853. The highest BCUT2D eigenvalue weighted by Crippen LogP contribution is 2.18. The maximum absolute atomic E-state index is 8.47. The second-order valence-corrected chi connectivity index (χ2v) is 2.61. The van der Waals surface area contributed by atoms with Crippen LogP contribution in [0.15, 0.2) is 34.1 Å². The molecule has 2 nitrogen and oxygen atoms in total. The fourth-order valence-electron chi connectivity index (χ4n) is 0.647. The van der Waals surface area contributed by atoms with Crippen LogP contribution in [0.2, 0.25) is 0 Å². The van der Waals surface area contributed by atoms with Crippen LogP contribution in [0.3, 0.4) is 0 Å². The highest BCUT2D eigenvalue weighted by Gasteiger charge is 2.00. The zero-order chi connectivity index (χ0) is 8.10. The Morgan fingerprint density at radius 3 is 2.18 bits per heavy atom. The largest absolute Gasteiger partial charge is 0.192 e. The number of nitriles is 2. The van der Waals surface area contributed by atoms with Gasteiger partial charge >= 0.3 is 0 Å². The molecule has 0 amide bonds. The molecule has 1 aliphatic rings. The zero-order valence-corrected chi connectivity index (χ0v) is 6.43. The molecule has 1 heterocycles. The maximum Gasteiger partial charge on any atom is 0.136 e. The Morgan fingerprint density at radius 2 is 1.73 bits per heavy atom. The Labute approximate surface area is 69.1 Å². The summed E-state index contributed by atoms with van der Waals surface area (Å²) in [6.45, 7) is 0. The van der Waals surface area contributed by atoms with Crippen molar-refractivity contribution in [3.05, 3.63) is 34.1 Å². The van der Waals surface area contributed by atoms with E-state index >= 15 is 0 Å². The van der Waals surface area contributed by atoms with E-state index in [1.54, 1.807) is 12.2 Å². The number of thioether (sulfide) groups is 1. The minimum atomic E-state index is 0.165. The van der Waals surface area contributed by atoms with Crippen LogP contribution in [0.4, 0.5) is 0 Å². The predicted octanol–water partition coefficient (Wildman–Crippen LogP) is 2.10. The summed E-state index contributed by atoms with van der Waals surface area (Å²) in [5, 5.41) is 20.6. The lowest BCUT2D eigenvalue weighted by Crippen LogP contribution is -1.81. The van der Waals surface area contributed by atoms with Gasteiger partial charge in [0.15, 0.2) is 0 Å². The summed E-state index contributed by atoms with van der Waals surface area (Å²) in [4.78, 5) is 0. The summed E-state index contributed by atoms with van der Waals surface area (Å²) in [6, 6.07) is 3.66. The molecule has 0 spiro atoms. The second kappa shape index (κ2) is 3.65. The molecule has 0 fully saturated rings. The predicted molar refractivity (Wildman–Crippen MR) is 44.1 cm³/mol. The van der Waals surface area contributed by atoms with Crippen LogP contribution in [-0.4, -0.2) is 0 Å². The summed E-state index contributed by atoms with van der Waals surface area (Å²) in [7, 11) is 0. The topological polar surface area (TPSA) is 47.6 Å². The molecule has 52 valence electrons. The van der Waals surface area contributed by atoms with Crippen LogP contribution < -0.4 is 0 Å². The van der Waals surface area contributed by atoms with Crippen LogP contribution >= 0.6 is 11.8 Å². The van der Waals surface area contributed by atoms with Gasteiger partial charge in [-0.3, -0.25) is 0 Å². The highest BCUT2D eigenvalue weighted by molar-refractivity contribution is 8.04. The van der Waals surface area contributed by atoms with E-state index in [4.69, 9.17) is 10.5 Å². The van der Waals surface area contributed by atoms with E-state index in [9.17, 15) is 0 Å².